The third-order valence-electron chi connectivity index (χ3n) is 11.1. The van der Waals surface area contributed by atoms with Crippen LogP contribution in [0.1, 0.15) is 25.0 Å². The number of benzene rings is 8. The van der Waals surface area contributed by atoms with Crippen LogP contribution < -0.4 is 0 Å². The summed E-state index contributed by atoms with van der Waals surface area (Å²) >= 11 is 0. The fourth-order valence-corrected chi connectivity index (χ4v) is 8.25. The van der Waals surface area contributed by atoms with Crippen LogP contribution in [0.4, 0.5) is 0 Å². The van der Waals surface area contributed by atoms with Crippen LogP contribution >= 0.6 is 0 Å². The summed E-state index contributed by atoms with van der Waals surface area (Å²) in [6.45, 7) is 4.67. The summed E-state index contributed by atoms with van der Waals surface area (Å²) < 4.78 is 0. The fraction of sp³-hybridized carbons (Fsp3) is 0.0577. The maximum Gasteiger partial charge on any atom is 0.164 e. The van der Waals surface area contributed by atoms with Crippen LogP contribution in [0, 0.1) is 0 Å². The van der Waals surface area contributed by atoms with Crippen molar-refractivity contribution < 1.29 is 0 Å². The van der Waals surface area contributed by atoms with Gasteiger partial charge in [0.15, 0.2) is 17.5 Å². The van der Waals surface area contributed by atoms with Gasteiger partial charge in [-0.2, -0.15) is 0 Å². The summed E-state index contributed by atoms with van der Waals surface area (Å²) in [7, 11) is 0. The van der Waals surface area contributed by atoms with Gasteiger partial charge in [-0.25, -0.2) is 15.0 Å². The van der Waals surface area contributed by atoms with Crippen molar-refractivity contribution in [1.29, 1.82) is 0 Å². The predicted molar refractivity (Wildman–Crippen MR) is 228 cm³/mol. The van der Waals surface area contributed by atoms with Crippen molar-refractivity contribution in [3.05, 3.63) is 199 Å². The van der Waals surface area contributed by atoms with Gasteiger partial charge in [0.1, 0.15) is 0 Å². The summed E-state index contributed by atoms with van der Waals surface area (Å²) in [6, 6.07) is 66.7. The Morgan fingerprint density at radius 2 is 0.745 bits per heavy atom. The molecule has 3 heteroatoms. The molecule has 260 valence electrons. The monoisotopic (exact) mass is 703 g/mol. The molecule has 0 N–H and O–H groups in total. The highest BCUT2D eigenvalue weighted by atomic mass is 15.0. The maximum atomic E-state index is 5.17. The van der Waals surface area contributed by atoms with E-state index in [4.69, 9.17) is 15.0 Å². The van der Waals surface area contributed by atoms with Crippen molar-refractivity contribution in [3.8, 4) is 78.7 Å². The van der Waals surface area contributed by atoms with Crippen LogP contribution in [0.25, 0.3) is 89.4 Å². The molecular formula is C52H37N3. The van der Waals surface area contributed by atoms with Crippen molar-refractivity contribution >= 4 is 10.8 Å². The first kappa shape index (κ1) is 32.7. The Hall–Kier alpha value is -6.97. The second-order valence-electron chi connectivity index (χ2n) is 14.9. The van der Waals surface area contributed by atoms with E-state index in [0.717, 1.165) is 44.3 Å². The van der Waals surface area contributed by atoms with Crippen molar-refractivity contribution in [1.82, 2.24) is 15.0 Å². The van der Waals surface area contributed by atoms with Gasteiger partial charge >= 0.3 is 0 Å². The maximum absolute atomic E-state index is 5.17. The third-order valence-corrected chi connectivity index (χ3v) is 11.1. The first-order valence-corrected chi connectivity index (χ1v) is 18.9. The van der Waals surface area contributed by atoms with Gasteiger partial charge in [0, 0.05) is 22.1 Å². The lowest BCUT2D eigenvalue weighted by atomic mass is 9.82. The highest BCUT2D eigenvalue weighted by Crippen LogP contribution is 2.52. The largest absolute Gasteiger partial charge is 0.208 e. The second kappa shape index (κ2) is 13.2. The molecule has 0 atom stereocenters. The Labute approximate surface area is 321 Å². The lowest BCUT2D eigenvalue weighted by molar-refractivity contribution is 0.660. The summed E-state index contributed by atoms with van der Waals surface area (Å²) in [5.41, 5.74) is 15.2. The summed E-state index contributed by atoms with van der Waals surface area (Å²) in [5.74, 6) is 1.91. The smallest absolute Gasteiger partial charge is 0.164 e. The molecule has 1 heterocycles. The van der Waals surface area contributed by atoms with Crippen LogP contribution in [0.5, 0.6) is 0 Å². The molecule has 0 radical (unpaired) electrons. The molecule has 0 unspecified atom stereocenters. The standard InChI is InChI=1S/C52H37N3/c1-52(2)46-24-10-9-22-45(46)48-44(23-13-25-47(48)52)39-28-26-36-27-29-42(33-43(36)32-39)51-54-49(40-20-11-18-37(30-40)34-14-5-3-6-15-34)53-50(55-51)41-21-12-19-38(31-41)35-16-7-4-8-17-35/h3-33H,1-2H3. The van der Waals surface area contributed by atoms with Gasteiger partial charge < -0.3 is 0 Å². The van der Waals surface area contributed by atoms with E-state index in [1.165, 1.54) is 38.8 Å². The molecule has 9 aromatic rings. The molecule has 3 nitrogen and oxygen atoms in total. The number of fused-ring (bicyclic) bond motifs is 4. The van der Waals surface area contributed by atoms with E-state index in [9.17, 15) is 0 Å². The first-order valence-electron chi connectivity index (χ1n) is 18.9. The summed E-state index contributed by atoms with van der Waals surface area (Å²) in [5, 5.41) is 2.31. The quantitative estimate of drug-likeness (QED) is 0.173. The summed E-state index contributed by atoms with van der Waals surface area (Å²) in [4.78, 5) is 15.5. The molecule has 0 spiro atoms. The van der Waals surface area contributed by atoms with E-state index in [2.05, 4.69) is 190 Å². The van der Waals surface area contributed by atoms with Crippen LogP contribution in [0.2, 0.25) is 0 Å². The molecule has 8 aromatic carbocycles. The van der Waals surface area contributed by atoms with Gasteiger partial charge in [0.05, 0.1) is 0 Å². The molecule has 1 aliphatic rings. The zero-order valence-corrected chi connectivity index (χ0v) is 30.7. The van der Waals surface area contributed by atoms with Gasteiger partial charge in [0.2, 0.25) is 0 Å². The van der Waals surface area contributed by atoms with Crippen molar-refractivity contribution in [3.63, 3.8) is 0 Å². The van der Waals surface area contributed by atoms with E-state index in [1.54, 1.807) is 0 Å². The number of hydrogen-bond acceptors (Lipinski definition) is 3. The average Bonchev–Trinajstić information content (AvgIpc) is 3.49. The van der Waals surface area contributed by atoms with Gasteiger partial charge in [-0.3, -0.25) is 0 Å². The van der Waals surface area contributed by atoms with Crippen LogP contribution in [-0.2, 0) is 5.41 Å². The highest BCUT2D eigenvalue weighted by Gasteiger charge is 2.36. The second-order valence-corrected chi connectivity index (χ2v) is 14.9. The van der Waals surface area contributed by atoms with Gasteiger partial charge in [-0.1, -0.05) is 178 Å². The molecule has 0 fully saturated rings. The minimum atomic E-state index is -0.0543. The average molecular weight is 704 g/mol. The SMILES string of the molecule is CC1(C)c2ccccc2-c2c(-c3ccc4ccc(-c5nc(-c6cccc(-c7ccccc7)c6)nc(-c6cccc(-c7ccccc7)c6)n5)cc4c3)cccc21. The van der Waals surface area contributed by atoms with E-state index < -0.39 is 0 Å². The van der Waals surface area contributed by atoms with Gasteiger partial charge in [0.25, 0.3) is 0 Å². The molecule has 1 aromatic heterocycles. The normalized spacial score (nSPS) is 12.7. The molecule has 55 heavy (non-hydrogen) atoms. The lowest BCUT2D eigenvalue weighted by Gasteiger charge is -2.21. The van der Waals surface area contributed by atoms with Crippen molar-refractivity contribution in [2.24, 2.45) is 0 Å². The lowest BCUT2D eigenvalue weighted by Crippen LogP contribution is -2.14. The Balaban J connectivity index is 1.12. The zero-order chi connectivity index (χ0) is 36.9. The number of nitrogens with zero attached hydrogens (tertiary/aromatic N) is 3. The number of rotatable bonds is 6. The predicted octanol–water partition coefficient (Wildman–Crippen LogP) is 13.3. The van der Waals surface area contributed by atoms with Crippen molar-refractivity contribution in [2.75, 3.05) is 0 Å². The molecular weight excluding hydrogens is 667 g/mol. The topological polar surface area (TPSA) is 38.7 Å². The Morgan fingerprint density at radius 3 is 1.36 bits per heavy atom. The fourth-order valence-electron chi connectivity index (χ4n) is 8.25. The molecule has 1 aliphatic carbocycles. The number of hydrogen-bond donors (Lipinski definition) is 0. The molecule has 0 bridgehead atoms. The van der Waals surface area contributed by atoms with Crippen LogP contribution in [0.15, 0.2) is 188 Å². The van der Waals surface area contributed by atoms with Gasteiger partial charge in [-0.15, -0.1) is 0 Å². The molecule has 10 rings (SSSR count). The molecule has 0 saturated heterocycles. The van der Waals surface area contributed by atoms with E-state index >= 15 is 0 Å². The van der Waals surface area contributed by atoms with Crippen LogP contribution in [-0.4, -0.2) is 15.0 Å². The first-order chi connectivity index (χ1) is 27.0. The number of aromatic nitrogens is 3. The highest BCUT2D eigenvalue weighted by molar-refractivity contribution is 5.96. The molecule has 0 amide bonds. The van der Waals surface area contributed by atoms with Crippen LogP contribution in [0.3, 0.4) is 0 Å². The Kier molecular flexibility index (Phi) is 7.81. The minimum Gasteiger partial charge on any atom is -0.208 e. The van der Waals surface area contributed by atoms with E-state index in [-0.39, 0.29) is 5.41 Å². The Bertz CT molecular complexity index is 2790. The Morgan fingerprint density at radius 1 is 0.309 bits per heavy atom. The van der Waals surface area contributed by atoms with E-state index in [1.807, 2.05) is 12.1 Å². The van der Waals surface area contributed by atoms with E-state index in [0.29, 0.717) is 17.5 Å². The zero-order valence-electron chi connectivity index (χ0n) is 30.7. The van der Waals surface area contributed by atoms with Crippen molar-refractivity contribution in [2.45, 2.75) is 19.3 Å². The van der Waals surface area contributed by atoms with Gasteiger partial charge in [-0.05, 0) is 90.7 Å². The third kappa shape index (κ3) is 5.82. The molecule has 0 aliphatic heterocycles. The minimum absolute atomic E-state index is 0.0543. The summed E-state index contributed by atoms with van der Waals surface area (Å²) in [6.07, 6.45) is 0. The molecule has 0 saturated carbocycles.